The molecule has 0 aliphatic carbocycles. The van der Waals surface area contributed by atoms with Crippen molar-refractivity contribution in [2.75, 3.05) is 19.1 Å². The van der Waals surface area contributed by atoms with Gasteiger partial charge in [0.2, 0.25) is 0 Å². The van der Waals surface area contributed by atoms with Gasteiger partial charge in [-0.25, -0.2) is 0 Å². The molecule has 0 aromatic carbocycles. The minimum Gasteiger partial charge on any atom is -0.339 e. The van der Waals surface area contributed by atoms with Crippen LogP contribution in [0.2, 0.25) is 0 Å². The van der Waals surface area contributed by atoms with Crippen LogP contribution in [0.4, 0.5) is 0 Å². The molecule has 0 atom stereocenters. The molecule has 0 aromatic heterocycles. The van der Waals surface area contributed by atoms with Crippen LogP contribution in [0.3, 0.4) is 0 Å². The first-order valence-electron chi connectivity index (χ1n) is 3.01. The lowest BCUT2D eigenvalue weighted by Gasteiger charge is -2.11. The topological polar surface area (TPSA) is 18.5 Å². The zero-order chi connectivity index (χ0) is 8.53. The molecule has 0 aliphatic rings. The van der Waals surface area contributed by atoms with Crippen molar-refractivity contribution in [1.82, 2.24) is 0 Å². The molecular weight excluding hydrogens is 164 g/mol. The quantitative estimate of drug-likeness (QED) is 0.348. The van der Waals surface area contributed by atoms with Gasteiger partial charge in [0.15, 0.2) is 6.29 Å². The maximum absolute atomic E-state index is 5.45. The molecule has 3 heteroatoms. The third-order valence-electron chi connectivity index (χ3n) is 0.831. The van der Waals surface area contributed by atoms with Gasteiger partial charge in [0, 0.05) is 0 Å². The largest absolute Gasteiger partial charge is 0.339 e. The van der Waals surface area contributed by atoms with Crippen LogP contribution < -0.4 is 0 Å². The van der Waals surface area contributed by atoms with E-state index in [1.165, 1.54) is 0 Å². The molecule has 60 valence electrons. The van der Waals surface area contributed by atoms with Crippen molar-refractivity contribution in [3.8, 4) is 24.7 Å². The average molecular weight is 173 g/mol. The lowest BCUT2D eigenvalue weighted by atomic mass is 10.6. The van der Waals surface area contributed by atoms with Crippen molar-refractivity contribution in [1.29, 1.82) is 0 Å². The standard InChI is InChI=1S/C8H9ClO2/c1-3-5-10-8(7-9)11-6-4-2/h1-2,8H,5-7H2. The number of halogens is 1. The van der Waals surface area contributed by atoms with E-state index in [2.05, 4.69) is 11.8 Å². The Labute approximate surface area is 71.8 Å². The molecule has 0 fully saturated rings. The molecule has 0 saturated carbocycles. The summed E-state index contributed by atoms with van der Waals surface area (Å²) in [6, 6.07) is 0. The third-order valence-corrected chi connectivity index (χ3v) is 1.08. The number of hydrogen-bond donors (Lipinski definition) is 0. The number of alkyl halides is 1. The molecule has 0 saturated heterocycles. The molecule has 0 aromatic rings. The predicted octanol–water partition coefficient (Wildman–Crippen LogP) is 0.851. The van der Waals surface area contributed by atoms with Crippen molar-refractivity contribution < 1.29 is 9.47 Å². The lowest BCUT2D eigenvalue weighted by Crippen LogP contribution is -2.19. The molecular formula is C8H9ClO2. The average Bonchev–Trinajstić information content (AvgIpc) is 2.05. The van der Waals surface area contributed by atoms with E-state index in [9.17, 15) is 0 Å². The van der Waals surface area contributed by atoms with E-state index in [-0.39, 0.29) is 19.1 Å². The highest BCUT2D eigenvalue weighted by molar-refractivity contribution is 6.18. The van der Waals surface area contributed by atoms with Gasteiger partial charge in [-0.2, -0.15) is 0 Å². The number of rotatable bonds is 5. The number of terminal acetylenes is 2. The van der Waals surface area contributed by atoms with Gasteiger partial charge in [0.25, 0.3) is 0 Å². The van der Waals surface area contributed by atoms with Crippen molar-refractivity contribution in [3.63, 3.8) is 0 Å². The van der Waals surface area contributed by atoms with Crippen LogP contribution in [0.15, 0.2) is 0 Å². The predicted molar refractivity (Wildman–Crippen MR) is 44.1 cm³/mol. The second-order valence-electron chi connectivity index (χ2n) is 1.61. The van der Waals surface area contributed by atoms with Crippen LogP contribution >= 0.6 is 11.6 Å². The molecule has 0 unspecified atom stereocenters. The Hall–Kier alpha value is -0.670. The minimum atomic E-state index is -0.497. The smallest absolute Gasteiger partial charge is 0.173 e. The molecule has 0 N–H and O–H groups in total. The Kier molecular flexibility index (Phi) is 6.98. The van der Waals surface area contributed by atoms with Crippen molar-refractivity contribution in [3.05, 3.63) is 0 Å². The van der Waals surface area contributed by atoms with Crippen LogP contribution in [-0.4, -0.2) is 25.4 Å². The Morgan fingerprint density at radius 2 is 1.64 bits per heavy atom. The van der Waals surface area contributed by atoms with Crippen LogP contribution in [-0.2, 0) is 9.47 Å². The van der Waals surface area contributed by atoms with E-state index in [4.69, 9.17) is 33.9 Å². The molecule has 0 radical (unpaired) electrons. The van der Waals surface area contributed by atoms with E-state index in [0.717, 1.165) is 0 Å². The second kappa shape index (κ2) is 7.44. The van der Waals surface area contributed by atoms with Crippen molar-refractivity contribution in [2.45, 2.75) is 6.29 Å². The summed E-state index contributed by atoms with van der Waals surface area (Å²) >= 11 is 5.45. The normalized spacial score (nSPS) is 9.09. The van der Waals surface area contributed by atoms with Gasteiger partial charge in [0.05, 0.1) is 5.88 Å². The maximum Gasteiger partial charge on any atom is 0.173 e. The van der Waals surface area contributed by atoms with Crippen LogP contribution in [0.25, 0.3) is 0 Å². The zero-order valence-corrected chi connectivity index (χ0v) is 6.80. The summed E-state index contributed by atoms with van der Waals surface area (Å²) < 4.78 is 9.91. The molecule has 2 nitrogen and oxygen atoms in total. The maximum atomic E-state index is 5.45. The highest BCUT2D eigenvalue weighted by atomic mass is 35.5. The molecule has 11 heavy (non-hydrogen) atoms. The number of ether oxygens (including phenoxy) is 2. The summed E-state index contributed by atoms with van der Waals surface area (Å²) in [5, 5.41) is 0. The Bertz CT molecular complexity index is 148. The highest BCUT2D eigenvalue weighted by Crippen LogP contribution is 1.96. The van der Waals surface area contributed by atoms with Gasteiger partial charge in [-0.3, -0.25) is 0 Å². The Morgan fingerprint density at radius 1 is 1.18 bits per heavy atom. The first-order valence-corrected chi connectivity index (χ1v) is 3.54. The molecule has 0 bridgehead atoms. The summed E-state index contributed by atoms with van der Waals surface area (Å²) in [6.07, 6.45) is 9.40. The van der Waals surface area contributed by atoms with Gasteiger partial charge >= 0.3 is 0 Å². The molecule has 0 rings (SSSR count). The summed E-state index contributed by atoms with van der Waals surface area (Å²) in [6.45, 7) is 0.365. The van der Waals surface area contributed by atoms with Gasteiger partial charge in [0.1, 0.15) is 13.2 Å². The molecule has 0 heterocycles. The molecule has 0 spiro atoms. The van der Waals surface area contributed by atoms with E-state index in [0.29, 0.717) is 0 Å². The fraction of sp³-hybridized carbons (Fsp3) is 0.500. The summed E-state index contributed by atoms with van der Waals surface area (Å²) in [5.41, 5.74) is 0. The summed E-state index contributed by atoms with van der Waals surface area (Å²) in [5.74, 6) is 4.82. The Morgan fingerprint density at radius 3 is 1.91 bits per heavy atom. The second-order valence-corrected chi connectivity index (χ2v) is 1.92. The minimum absolute atomic E-state index is 0.182. The van der Waals surface area contributed by atoms with Gasteiger partial charge < -0.3 is 9.47 Å². The van der Waals surface area contributed by atoms with Gasteiger partial charge in [-0.05, 0) is 0 Å². The van der Waals surface area contributed by atoms with Gasteiger partial charge in [-0.1, -0.05) is 11.8 Å². The van der Waals surface area contributed by atoms with E-state index >= 15 is 0 Å². The fourth-order valence-corrected chi connectivity index (χ4v) is 0.597. The lowest BCUT2D eigenvalue weighted by molar-refractivity contribution is -0.108. The van der Waals surface area contributed by atoms with E-state index < -0.39 is 6.29 Å². The van der Waals surface area contributed by atoms with Crippen LogP contribution in [0, 0.1) is 24.7 Å². The van der Waals surface area contributed by atoms with E-state index in [1.54, 1.807) is 0 Å². The fourth-order valence-electron chi connectivity index (χ4n) is 0.419. The SMILES string of the molecule is C#CCOC(CCl)OCC#C. The first kappa shape index (κ1) is 10.3. The third kappa shape index (κ3) is 5.76. The molecule has 0 amide bonds. The summed E-state index contributed by atoms with van der Waals surface area (Å²) in [7, 11) is 0. The summed E-state index contributed by atoms with van der Waals surface area (Å²) in [4.78, 5) is 0. The monoisotopic (exact) mass is 172 g/mol. The Balaban J connectivity index is 3.44. The van der Waals surface area contributed by atoms with E-state index in [1.807, 2.05) is 0 Å². The van der Waals surface area contributed by atoms with Crippen LogP contribution in [0.1, 0.15) is 0 Å². The molecule has 0 aliphatic heterocycles. The number of hydrogen-bond acceptors (Lipinski definition) is 2. The zero-order valence-electron chi connectivity index (χ0n) is 6.05. The van der Waals surface area contributed by atoms with Crippen molar-refractivity contribution >= 4 is 11.6 Å². The highest BCUT2D eigenvalue weighted by Gasteiger charge is 2.04. The van der Waals surface area contributed by atoms with Gasteiger partial charge in [-0.15, -0.1) is 24.4 Å². The first-order chi connectivity index (χ1) is 5.35. The van der Waals surface area contributed by atoms with Crippen molar-refractivity contribution in [2.24, 2.45) is 0 Å². The van der Waals surface area contributed by atoms with Crippen LogP contribution in [0.5, 0.6) is 0 Å².